The third-order valence-corrected chi connectivity index (χ3v) is 5.78. The van der Waals surface area contributed by atoms with E-state index in [9.17, 15) is 9.18 Å². The Bertz CT molecular complexity index is 971. The first-order chi connectivity index (χ1) is 14.6. The lowest BCUT2D eigenvalue weighted by Crippen LogP contribution is -2.37. The van der Waals surface area contributed by atoms with E-state index < -0.39 is 0 Å². The summed E-state index contributed by atoms with van der Waals surface area (Å²) in [7, 11) is 0. The number of H-pyrrole nitrogens is 1. The summed E-state index contributed by atoms with van der Waals surface area (Å²) in [5.74, 6) is -0.116. The molecular formula is C24H27FN4O. The molecular weight excluding hydrogens is 379 g/mol. The lowest BCUT2D eigenvalue weighted by atomic mass is 9.95. The van der Waals surface area contributed by atoms with Crippen LogP contribution in [-0.2, 0) is 17.8 Å². The fourth-order valence-corrected chi connectivity index (χ4v) is 4.13. The van der Waals surface area contributed by atoms with Gasteiger partial charge in [-0.1, -0.05) is 42.5 Å². The van der Waals surface area contributed by atoms with E-state index >= 15 is 0 Å². The molecule has 1 fully saturated rings. The van der Waals surface area contributed by atoms with Crippen LogP contribution in [0.25, 0.3) is 11.1 Å². The van der Waals surface area contributed by atoms with Gasteiger partial charge in [0.2, 0.25) is 5.91 Å². The van der Waals surface area contributed by atoms with Crippen LogP contribution in [0.4, 0.5) is 4.39 Å². The summed E-state index contributed by atoms with van der Waals surface area (Å²) in [5, 5.41) is 0. The second-order valence-corrected chi connectivity index (χ2v) is 7.81. The number of imidazole rings is 1. The van der Waals surface area contributed by atoms with Crippen LogP contribution in [0.2, 0.25) is 0 Å². The van der Waals surface area contributed by atoms with Crippen LogP contribution in [-0.4, -0.2) is 51.9 Å². The number of likely N-dealkylation sites (N-methyl/N-ethyl adjacent to an activating group) is 1. The molecule has 1 aliphatic rings. The van der Waals surface area contributed by atoms with E-state index in [1.165, 1.54) is 6.07 Å². The van der Waals surface area contributed by atoms with E-state index in [1.54, 1.807) is 18.5 Å². The maximum absolute atomic E-state index is 14.1. The van der Waals surface area contributed by atoms with Gasteiger partial charge in [-0.2, -0.15) is 0 Å². The lowest BCUT2D eigenvalue weighted by molar-refractivity contribution is -0.134. The first kappa shape index (κ1) is 20.3. The number of hydrogen-bond acceptors (Lipinski definition) is 3. The molecule has 5 nitrogen and oxygen atoms in total. The second kappa shape index (κ2) is 9.22. The molecule has 0 bridgehead atoms. The number of nitrogens with zero attached hydrogens (tertiary/aromatic N) is 3. The Hall–Kier alpha value is -2.99. The third kappa shape index (κ3) is 4.60. The number of nitrogens with one attached hydrogen (secondary N) is 1. The van der Waals surface area contributed by atoms with E-state index in [0.29, 0.717) is 18.5 Å². The van der Waals surface area contributed by atoms with E-state index in [-0.39, 0.29) is 17.6 Å². The number of aromatic amines is 1. The summed E-state index contributed by atoms with van der Waals surface area (Å²) in [6.07, 6.45) is 4.19. The van der Waals surface area contributed by atoms with Crippen LogP contribution >= 0.6 is 0 Å². The summed E-state index contributed by atoms with van der Waals surface area (Å²) in [4.78, 5) is 24.6. The molecule has 0 radical (unpaired) electrons. The predicted molar refractivity (Wildman–Crippen MR) is 115 cm³/mol. The van der Waals surface area contributed by atoms with Gasteiger partial charge in [-0.25, -0.2) is 9.37 Å². The molecule has 30 heavy (non-hydrogen) atoms. The Balaban J connectivity index is 1.50. The van der Waals surface area contributed by atoms with Crippen molar-refractivity contribution in [2.75, 3.05) is 26.2 Å². The first-order valence-electron chi connectivity index (χ1n) is 10.5. The van der Waals surface area contributed by atoms with Crippen LogP contribution in [0, 0.1) is 11.7 Å². The van der Waals surface area contributed by atoms with Crippen LogP contribution < -0.4 is 0 Å². The van der Waals surface area contributed by atoms with E-state index in [2.05, 4.69) is 14.9 Å². The monoisotopic (exact) mass is 406 g/mol. The Labute approximate surface area is 176 Å². The molecule has 0 saturated carbocycles. The Morgan fingerprint density at radius 3 is 2.63 bits per heavy atom. The van der Waals surface area contributed by atoms with Crippen LogP contribution in [0.5, 0.6) is 0 Å². The highest BCUT2D eigenvalue weighted by molar-refractivity contribution is 5.79. The number of hydrogen-bond donors (Lipinski definition) is 1. The number of rotatable bonds is 6. The average Bonchev–Trinajstić information content (AvgIpc) is 3.22. The first-order valence-corrected chi connectivity index (χ1v) is 10.5. The number of carbonyl (C=O) groups excluding carboxylic acids is 1. The van der Waals surface area contributed by atoms with Crippen molar-refractivity contribution in [1.82, 2.24) is 19.8 Å². The molecule has 1 atom stereocenters. The zero-order chi connectivity index (χ0) is 20.9. The number of halogens is 1. The normalized spacial score (nSPS) is 17.9. The highest BCUT2D eigenvalue weighted by atomic mass is 19.1. The van der Waals surface area contributed by atoms with E-state index in [1.807, 2.05) is 48.4 Å². The minimum absolute atomic E-state index is 0.102. The van der Waals surface area contributed by atoms with Gasteiger partial charge in [0.15, 0.2) is 0 Å². The molecule has 2 heterocycles. The van der Waals surface area contributed by atoms with E-state index in [4.69, 9.17) is 0 Å². The van der Waals surface area contributed by atoms with E-state index in [0.717, 1.165) is 43.0 Å². The minimum Gasteiger partial charge on any atom is -0.347 e. The zero-order valence-corrected chi connectivity index (χ0v) is 17.2. The molecule has 0 aliphatic carbocycles. The SMILES string of the molecule is CCN1CCN(Cc2cnc[nH]2)CC(Cc2ccc(-c3ccccc3F)cc2)C1=O. The van der Waals surface area contributed by atoms with Gasteiger partial charge >= 0.3 is 0 Å². The fraction of sp³-hybridized carbons (Fsp3) is 0.333. The Morgan fingerprint density at radius 1 is 1.13 bits per heavy atom. The third-order valence-electron chi connectivity index (χ3n) is 5.78. The van der Waals surface area contributed by atoms with Gasteiger partial charge in [0, 0.05) is 50.2 Å². The standard InChI is InChI=1S/C24H27FN4O/c1-2-29-12-11-28(16-21-14-26-17-27-21)15-20(24(29)30)13-18-7-9-19(10-8-18)22-5-3-4-6-23(22)25/h3-10,14,17,20H,2,11-13,15-16H2,1H3,(H,26,27). The van der Waals surface area contributed by atoms with Crippen LogP contribution in [0.15, 0.2) is 61.1 Å². The van der Waals surface area contributed by atoms with Gasteiger partial charge in [-0.05, 0) is 30.5 Å². The van der Waals surface area contributed by atoms with Crippen molar-refractivity contribution < 1.29 is 9.18 Å². The van der Waals surface area contributed by atoms with Crippen molar-refractivity contribution in [3.8, 4) is 11.1 Å². The molecule has 1 amide bonds. The molecule has 1 N–H and O–H groups in total. The van der Waals surface area contributed by atoms with Crippen molar-refractivity contribution in [2.45, 2.75) is 19.9 Å². The van der Waals surface area contributed by atoms with Gasteiger partial charge in [0.1, 0.15) is 5.82 Å². The molecule has 2 aromatic carbocycles. The van der Waals surface area contributed by atoms with Crippen molar-refractivity contribution in [3.05, 3.63) is 78.1 Å². The highest BCUT2D eigenvalue weighted by Gasteiger charge is 2.29. The zero-order valence-electron chi connectivity index (χ0n) is 17.2. The summed E-state index contributed by atoms with van der Waals surface area (Å²) in [5.41, 5.74) is 3.59. The Morgan fingerprint density at radius 2 is 1.93 bits per heavy atom. The molecule has 6 heteroatoms. The average molecular weight is 407 g/mol. The fourth-order valence-electron chi connectivity index (χ4n) is 4.13. The Kier molecular flexibility index (Phi) is 6.23. The smallest absolute Gasteiger partial charge is 0.227 e. The van der Waals surface area contributed by atoms with Crippen LogP contribution in [0.3, 0.4) is 0 Å². The van der Waals surface area contributed by atoms with Gasteiger partial charge in [-0.15, -0.1) is 0 Å². The molecule has 0 spiro atoms. The summed E-state index contributed by atoms with van der Waals surface area (Å²) in [6, 6.07) is 14.7. The molecule has 1 aliphatic heterocycles. The molecule has 156 valence electrons. The maximum Gasteiger partial charge on any atom is 0.227 e. The highest BCUT2D eigenvalue weighted by Crippen LogP contribution is 2.24. The van der Waals surface area contributed by atoms with Gasteiger partial charge in [-0.3, -0.25) is 9.69 Å². The topological polar surface area (TPSA) is 52.2 Å². The molecule has 4 rings (SSSR count). The number of carbonyl (C=O) groups is 1. The van der Waals surface area contributed by atoms with Crippen molar-refractivity contribution in [3.63, 3.8) is 0 Å². The minimum atomic E-state index is -0.225. The van der Waals surface area contributed by atoms with Crippen LogP contribution in [0.1, 0.15) is 18.2 Å². The van der Waals surface area contributed by atoms with Gasteiger partial charge in [0.25, 0.3) is 0 Å². The largest absolute Gasteiger partial charge is 0.347 e. The lowest BCUT2D eigenvalue weighted by Gasteiger charge is -2.23. The molecule has 3 aromatic rings. The quantitative estimate of drug-likeness (QED) is 0.679. The summed E-state index contributed by atoms with van der Waals surface area (Å²) < 4.78 is 14.1. The second-order valence-electron chi connectivity index (χ2n) is 7.81. The summed E-state index contributed by atoms with van der Waals surface area (Å²) in [6.45, 7) is 5.81. The van der Waals surface area contributed by atoms with Gasteiger partial charge in [0.05, 0.1) is 12.2 Å². The van der Waals surface area contributed by atoms with Crippen molar-refractivity contribution in [1.29, 1.82) is 0 Å². The van der Waals surface area contributed by atoms with Crippen molar-refractivity contribution >= 4 is 5.91 Å². The molecule has 1 aromatic heterocycles. The number of benzene rings is 2. The molecule has 1 saturated heterocycles. The van der Waals surface area contributed by atoms with Gasteiger partial charge < -0.3 is 9.88 Å². The predicted octanol–water partition coefficient (Wildman–Crippen LogP) is 3.74. The maximum atomic E-state index is 14.1. The summed E-state index contributed by atoms with van der Waals surface area (Å²) >= 11 is 0. The number of aromatic nitrogens is 2. The number of amides is 1. The van der Waals surface area contributed by atoms with Crippen molar-refractivity contribution in [2.24, 2.45) is 5.92 Å². The molecule has 1 unspecified atom stereocenters.